The molecule has 0 aromatic rings. The van der Waals surface area contributed by atoms with Crippen LogP contribution in [0.25, 0.3) is 0 Å². The summed E-state index contributed by atoms with van der Waals surface area (Å²) in [4.78, 5) is 0. The lowest BCUT2D eigenvalue weighted by molar-refractivity contribution is -0.108. The molecular formula is C12H24ClNO3S. The summed E-state index contributed by atoms with van der Waals surface area (Å²) in [5.74, 6) is 0.454. The molecule has 108 valence electrons. The Morgan fingerprint density at radius 1 is 1.39 bits per heavy atom. The van der Waals surface area contributed by atoms with Crippen LogP contribution in [-0.4, -0.2) is 49.2 Å². The molecule has 4 nitrogen and oxygen atoms in total. The molecule has 0 aliphatic carbocycles. The van der Waals surface area contributed by atoms with Gasteiger partial charge in [-0.3, -0.25) is 0 Å². The average molecular weight is 298 g/mol. The van der Waals surface area contributed by atoms with Crippen molar-refractivity contribution in [2.75, 3.05) is 24.7 Å². The zero-order valence-electron chi connectivity index (χ0n) is 11.9. The van der Waals surface area contributed by atoms with Crippen molar-refractivity contribution in [3.8, 4) is 0 Å². The van der Waals surface area contributed by atoms with E-state index in [1.165, 1.54) is 4.31 Å². The second kappa shape index (κ2) is 5.27. The molecule has 18 heavy (non-hydrogen) atoms. The van der Waals surface area contributed by atoms with Crippen LogP contribution in [0.15, 0.2) is 0 Å². The molecule has 0 bridgehead atoms. The first kappa shape index (κ1) is 16.2. The van der Waals surface area contributed by atoms with E-state index in [1.807, 2.05) is 34.6 Å². The number of halogens is 1. The maximum Gasteiger partial charge on any atom is 0.214 e. The molecule has 0 radical (unpaired) electrons. The van der Waals surface area contributed by atoms with E-state index < -0.39 is 15.6 Å². The molecule has 0 spiro atoms. The second-order valence-corrected chi connectivity index (χ2v) is 9.04. The van der Waals surface area contributed by atoms with Gasteiger partial charge in [0.05, 0.1) is 17.5 Å². The molecule has 1 aliphatic heterocycles. The standard InChI is InChI=1S/C12H24ClNO3S/c1-11(2,3)9-18(15,16)14-7-10(6-13)17-12(4,5)8-14/h10H,6-9H2,1-5H3. The fourth-order valence-corrected chi connectivity index (χ4v) is 4.51. The van der Waals surface area contributed by atoms with Crippen molar-refractivity contribution in [2.45, 2.75) is 46.3 Å². The lowest BCUT2D eigenvalue weighted by Gasteiger charge is -2.42. The van der Waals surface area contributed by atoms with Gasteiger partial charge in [0, 0.05) is 19.0 Å². The normalized spacial score (nSPS) is 26.2. The summed E-state index contributed by atoms with van der Waals surface area (Å²) < 4.78 is 32.0. The monoisotopic (exact) mass is 297 g/mol. The van der Waals surface area contributed by atoms with Crippen LogP contribution in [0.1, 0.15) is 34.6 Å². The third-order valence-corrected chi connectivity index (χ3v) is 5.27. The summed E-state index contributed by atoms with van der Waals surface area (Å²) in [6.07, 6.45) is -0.231. The molecule has 1 unspecified atom stereocenters. The summed E-state index contributed by atoms with van der Waals surface area (Å²) in [5.41, 5.74) is -0.736. The summed E-state index contributed by atoms with van der Waals surface area (Å²) in [6, 6.07) is 0. The molecule has 0 aromatic heterocycles. The molecule has 1 aliphatic rings. The predicted octanol–water partition coefficient (Wildman–Crippen LogP) is 2.08. The van der Waals surface area contributed by atoms with Gasteiger partial charge in [-0.25, -0.2) is 8.42 Å². The van der Waals surface area contributed by atoms with Crippen LogP contribution in [0.2, 0.25) is 0 Å². The highest BCUT2D eigenvalue weighted by Crippen LogP contribution is 2.26. The Morgan fingerprint density at radius 3 is 2.39 bits per heavy atom. The minimum atomic E-state index is -3.26. The molecule has 0 N–H and O–H groups in total. The number of rotatable bonds is 3. The summed E-state index contributed by atoms with van der Waals surface area (Å²) in [7, 11) is -3.26. The first-order valence-electron chi connectivity index (χ1n) is 6.17. The van der Waals surface area contributed by atoms with Gasteiger partial charge in [0.15, 0.2) is 0 Å². The summed E-state index contributed by atoms with van der Waals surface area (Å²) >= 11 is 5.81. The number of alkyl halides is 1. The highest BCUT2D eigenvalue weighted by molar-refractivity contribution is 7.89. The van der Waals surface area contributed by atoms with Gasteiger partial charge in [-0.2, -0.15) is 4.31 Å². The number of hydrogen-bond donors (Lipinski definition) is 0. The van der Waals surface area contributed by atoms with Crippen LogP contribution >= 0.6 is 11.6 Å². The van der Waals surface area contributed by atoms with Crippen molar-refractivity contribution in [2.24, 2.45) is 5.41 Å². The minimum Gasteiger partial charge on any atom is -0.368 e. The van der Waals surface area contributed by atoms with Crippen LogP contribution in [-0.2, 0) is 14.8 Å². The van der Waals surface area contributed by atoms with Crippen molar-refractivity contribution >= 4 is 21.6 Å². The topological polar surface area (TPSA) is 46.6 Å². The molecule has 0 amide bonds. The van der Waals surface area contributed by atoms with Gasteiger partial charge in [-0.05, 0) is 19.3 Å². The quantitative estimate of drug-likeness (QED) is 0.749. The fourth-order valence-electron chi connectivity index (χ4n) is 2.17. The number of morpholine rings is 1. The number of hydrogen-bond acceptors (Lipinski definition) is 3. The average Bonchev–Trinajstić information content (AvgIpc) is 2.11. The van der Waals surface area contributed by atoms with Crippen LogP contribution in [0, 0.1) is 5.41 Å². The molecule has 1 heterocycles. The van der Waals surface area contributed by atoms with E-state index in [0.29, 0.717) is 19.0 Å². The molecular weight excluding hydrogens is 274 g/mol. The van der Waals surface area contributed by atoms with Crippen molar-refractivity contribution < 1.29 is 13.2 Å². The Hall–Kier alpha value is 0.160. The Bertz CT molecular complexity index is 387. The zero-order valence-corrected chi connectivity index (χ0v) is 13.4. The first-order chi connectivity index (χ1) is 7.95. The van der Waals surface area contributed by atoms with Gasteiger partial charge in [-0.1, -0.05) is 20.8 Å². The Labute approximate surface area is 116 Å². The van der Waals surface area contributed by atoms with E-state index in [1.54, 1.807) is 0 Å². The van der Waals surface area contributed by atoms with Crippen molar-refractivity contribution in [3.63, 3.8) is 0 Å². The third kappa shape index (κ3) is 4.68. The largest absolute Gasteiger partial charge is 0.368 e. The highest BCUT2D eigenvalue weighted by atomic mass is 35.5. The van der Waals surface area contributed by atoms with Gasteiger partial charge in [0.25, 0.3) is 0 Å². The van der Waals surface area contributed by atoms with Crippen molar-refractivity contribution in [1.82, 2.24) is 4.31 Å². The molecule has 1 saturated heterocycles. The summed E-state index contributed by atoms with van der Waals surface area (Å²) in [6.45, 7) is 10.3. The van der Waals surface area contributed by atoms with Gasteiger partial charge in [-0.15, -0.1) is 11.6 Å². The van der Waals surface area contributed by atoms with Crippen LogP contribution < -0.4 is 0 Å². The van der Waals surface area contributed by atoms with Crippen molar-refractivity contribution in [1.29, 1.82) is 0 Å². The minimum absolute atomic E-state index is 0.144. The van der Waals surface area contributed by atoms with Gasteiger partial charge < -0.3 is 4.74 Å². The van der Waals surface area contributed by atoms with Crippen molar-refractivity contribution in [3.05, 3.63) is 0 Å². The first-order valence-corrected chi connectivity index (χ1v) is 8.31. The molecule has 1 atom stereocenters. The predicted molar refractivity (Wildman–Crippen MR) is 74.5 cm³/mol. The van der Waals surface area contributed by atoms with Crippen LogP contribution in [0.3, 0.4) is 0 Å². The molecule has 0 saturated carbocycles. The number of ether oxygens (including phenoxy) is 1. The van der Waals surface area contributed by atoms with E-state index in [2.05, 4.69) is 0 Å². The number of nitrogens with zero attached hydrogens (tertiary/aromatic N) is 1. The molecule has 1 fully saturated rings. The van der Waals surface area contributed by atoms with E-state index in [-0.39, 0.29) is 17.3 Å². The smallest absolute Gasteiger partial charge is 0.214 e. The SMILES string of the molecule is CC(C)(C)CS(=O)(=O)N1CC(CCl)OC(C)(C)C1. The van der Waals surface area contributed by atoms with Gasteiger partial charge >= 0.3 is 0 Å². The Balaban J connectivity index is 2.88. The Kier molecular flexibility index (Phi) is 4.75. The maximum absolute atomic E-state index is 12.4. The van der Waals surface area contributed by atoms with E-state index >= 15 is 0 Å². The zero-order chi connectivity index (χ0) is 14.2. The highest BCUT2D eigenvalue weighted by Gasteiger charge is 2.39. The summed E-state index contributed by atoms with van der Waals surface area (Å²) in [5, 5.41) is 0. The molecule has 0 aromatic carbocycles. The second-order valence-electron chi connectivity index (χ2n) is 6.76. The lowest BCUT2D eigenvalue weighted by Crippen LogP contribution is -2.56. The number of sulfonamides is 1. The lowest BCUT2D eigenvalue weighted by atomic mass is 10.0. The van der Waals surface area contributed by atoms with Gasteiger partial charge in [0.1, 0.15) is 0 Å². The maximum atomic E-state index is 12.4. The van der Waals surface area contributed by atoms with E-state index in [4.69, 9.17) is 16.3 Å². The van der Waals surface area contributed by atoms with E-state index in [9.17, 15) is 8.42 Å². The van der Waals surface area contributed by atoms with Gasteiger partial charge in [0.2, 0.25) is 10.0 Å². The molecule has 1 rings (SSSR count). The van der Waals surface area contributed by atoms with E-state index in [0.717, 1.165) is 0 Å². The third-order valence-electron chi connectivity index (χ3n) is 2.63. The molecule has 6 heteroatoms. The Morgan fingerprint density at radius 2 is 1.94 bits per heavy atom. The van der Waals surface area contributed by atoms with Crippen LogP contribution in [0.5, 0.6) is 0 Å². The van der Waals surface area contributed by atoms with Crippen LogP contribution in [0.4, 0.5) is 0 Å². The fraction of sp³-hybridized carbons (Fsp3) is 1.00.